The van der Waals surface area contributed by atoms with Crippen LogP contribution in [0.15, 0.2) is 41.6 Å². The normalized spacial score (nSPS) is 15.5. The second kappa shape index (κ2) is 9.16. The summed E-state index contributed by atoms with van der Waals surface area (Å²) in [7, 11) is 0. The molecule has 4 rings (SSSR count). The second-order valence-electron chi connectivity index (χ2n) is 7.42. The van der Waals surface area contributed by atoms with E-state index in [0.29, 0.717) is 13.1 Å². The van der Waals surface area contributed by atoms with Gasteiger partial charge in [-0.2, -0.15) is 0 Å². The molecule has 0 radical (unpaired) electrons. The van der Waals surface area contributed by atoms with Crippen molar-refractivity contribution in [2.24, 2.45) is 5.73 Å². The minimum atomic E-state index is -0.773. The monoisotopic (exact) mass is 435 g/mol. The van der Waals surface area contributed by atoms with E-state index in [2.05, 4.69) is 21.8 Å². The van der Waals surface area contributed by atoms with E-state index < -0.39 is 17.2 Å². The van der Waals surface area contributed by atoms with Crippen LogP contribution < -0.4 is 16.1 Å². The largest absolute Gasteiger partial charge is 0.462 e. The van der Waals surface area contributed by atoms with Gasteiger partial charge in [0.2, 0.25) is 5.43 Å². The van der Waals surface area contributed by atoms with Gasteiger partial charge in [-0.25, -0.2) is 14.2 Å². The van der Waals surface area contributed by atoms with E-state index in [1.54, 1.807) is 40.9 Å². The third-order valence-corrected chi connectivity index (χ3v) is 5.17. The van der Waals surface area contributed by atoms with Gasteiger partial charge in [0.15, 0.2) is 11.6 Å². The number of anilines is 1. The Balaban J connectivity index is 1.84. The Kier molecular flexibility index (Phi) is 6.14. The highest BCUT2D eigenvalue weighted by molar-refractivity contribution is 5.93. The minimum Gasteiger partial charge on any atom is -0.462 e. The molecule has 1 unspecified atom stereocenters. The number of carbonyl (C=O) groups excluding carboxylic acids is 1. The quantitative estimate of drug-likeness (QED) is 0.491. The molecule has 1 fully saturated rings. The molecule has 3 aromatic heterocycles. The fourth-order valence-electron chi connectivity index (χ4n) is 3.61. The number of rotatable bonds is 4. The topological polar surface area (TPSA) is 103 Å². The zero-order chi connectivity index (χ0) is 22.7. The summed E-state index contributed by atoms with van der Waals surface area (Å²) in [4.78, 5) is 35.4. The Morgan fingerprint density at radius 3 is 2.84 bits per heavy atom. The van der Waals surface area contributed by atoms with E-state index in [0.717, 1.165) is 18.1 Å². The van der Waals surface area contributed by atoms with Gasteiger partial charge >= 0.3 is 5.97 Å². The number of ether oxygens (including phenoxy) is 1. The molecular weight excluding hydrogens is 413 g/mol. The van der Waals surface area contributed by atoms with Crippen molar-refractivity contribution < 1.29 is 13.9 Å². The summed E-state index contributed by atoms with van der Waals surface area (Å²) in [6.45, 7) is 2.93. The summed E-state index contributed by atoms with van der Waals surface area (Å²) < 4.78 is 21.5. The Morgan fingerprint density at radius 2 is 2.16 bits per heavy atom. The maximum atomic E-state index is 14.9. The summed E-state index contributed by atoms with van der Waals surface area (Å²) in [5.41, 5.74) is 6.14. The van der Waals surface area contributed by atoms with Gasteiger partial charge in [-0.15, -0.1) is 0 Å². The first-order chi connectivity index (χ1) is 15.5. The molecule has 0 spiro atoms. The smallest absolute Gasteiger partial charge is 0.343 e. The number of halogens is 1. The van der Waals surface area contributed by atoms with Gasteiger partial charge in [0.1, 0.15) is 11.2 Å². The summed E-state index contributed by atoms with van der Waals surface area (Å²) in [5, 5.41) is -0.00832. The van der Waals surface area contributed by atoms with Crippen molar-refractivity contribution in [2.75, 3.05) is 24.6 Å². The SMILES string of the molecule is CCOC(=O)c1cn(CC#Cc2ccncc2)c2nc(N3CCC(N)C3)c(F)cc2c1=O. The number of hydrogen-bond acceptors (Lipinski definition) is 7. The van der Waals surface area contributed by atoms with E-state index in [4.69, 9.17) is 10.5 Å². The number of hydrogen-bond donors (Lipinski definition) is 1. The fraction of sp³-hybridized carbons (Fsp3) is 0.304. The molecule has 32 heavy (non-hydrogen) atoms. The first-order valence-electron chi connectivity index (χ1n) is 10.3. The molecule has 0 amide bonds. The van der Waals surface area contributed by atoms with Crippen molar-refractivity contribution in [2.45, 2.75) is 25.9 Å². The molecule has 2 N–H and O–H groups in total. The maximum absolute atomic E-state index is 14.9. The summed E-state index contributed by atoms with van der Waals surface area (Å²) in [5.74, 6) is 4.72. The molecule has 9 heteroatoms. The number of nitrogens with two attached hydrogens (primary N) is 1. The third-order valence-electron chi connectivity index (χ3n) is 5.17. The lowest BCUT2D eigenvalue weighted by molar-refractivity contribution is 0.0524. The van der Waals surface area contributed by atoms with Gasteiger partial charge < -0.3 is 19.9 Å². The highest BCUT2D eigenvalue weighted by Gasteiger charge is 2.25. The number of aromatic nitrogens is 3. The fourth-order valence-corrected chi connectivity index (χ4v) is 3.61. The molecule has 8 nitrogen and oxygen atoms in total. The van der Waals surface area contributed by atoms with Crippen LogP contribution in [0.2, 0.25) is 0 Å². The molecule has 0 bridgehead atoms. The van der Waals surface area contributed by atoms with E-state index in [9.17, 15) is 14.0 Å². The van der Waals surface area contributed by atoms with E-state index in [1.165, 1.54) is 6.20 Å². The van der Waals surface area contributed by atoms with Gasteiger partial charge in [-0.05, 0) is 31.5 Å². The second-order valence-corrected chi connectivity index (χ2v) is 7.42. The Morgan fingerprint density at radius 1 is 1.38 bits per heavy atom. The van der Waals surface area contributed by atoms with Gasteiger partial charge in [0.05, 0.1) is 18.5 Å². The van der Waals surface area contributed by atoms with Crippen LogP contribution in [0.4, 0.5) is 10.2 Å². The molecule has 4 heterocycles. The van der Waals surface area contributed by atoms with Crippen molar-refractivity contribution in [3.05, 3.63) is 64.0 Å². The molecule has 3 aromatic rings. The zero-order valence-electron chi connectivity index (χ0n) is 17.5. The van der Waals surface area contributed by atoms with Crippen LogP contribution in [0.25, 0.3) is 11.0 Å². The number of pyridine rings is 3. The number of carbonyl (C=O) groups is 1. The van der Waals surface area contributed by atoms with Crippen LogP contribution >= 0.6 is 0 Å². The van der Waals surface area contributed by atoms with Gasteiger partial charge in [0, 0.05) is 43.3 Å². The maximum Gasteiger partial charge on any atom is 0.343 e. The van der Waals surface area contributed by atoms with E-state index >= 15 is 0 Å². The van der Waals surface area contributed by atoms with Crippen LogP contribution in [0.5, 0.6) is 0 Å². The van der Waals surface area contributed by atoms with Crippen molar-refractivity contribution in [3.63, 3.8) is 0 Å². The average molecular weight is 435 g/mol. The predicted octanol–water partition coefficient (Wildman–Crippen LogP) is 1.70. The molecule has 0 aliphatic carbocycles. The summed E-state index contributed by atoms with van der Waals surface area (Å²) >= 11 is 0. The zero-order valence-corrected chi connectivity index (χ0v) is 17.5. The highest BCUT2D eigenvalue weighted by Crippen LogP contribution is 2.24. The molecular formula is C23H22FN5O3. The first kappa shape index (κ1) is 21.5. The molecule has 0 saturated carbocycles. The van der Waals surface area contributed by atoms with Gasteiger partial charge in [-0.3, -0.25) is 9.78 Å². The van der Waals surface area contributed by atoms with Crippen molar-refractivity contribution in [3.8, 4) is 11.8 Å². The van der Waals surface area contributed by atoms with Gasteiger partial charge in [0.25, 0.3) is 0 Å². The van der Waals surface area contributed by atoms with Crippen LogP contribution in [-0.2, 0) is 11.3 Å². The number of fused-ring (bicyclic) bond motifs is 1. The predicted molar refractivity (Wildman–Crippen MR) is 118 cm³/mol. The first-order valence-corrected chi connectivity index (χ1v) is 10.3. The molecule has 0 aromatic carbocycles. The Hall–Kier alpha value is -3.77. The van der Waals surface area contributed by atoms with Crippen molar-refractivity contribution >= 4 is 22.8 Å². The highest BCUT2D eigenvalue weighted by atomic mass is 19.1. The minimum absolute atomic E-state index is 0.00832. The summed E-state index contributed by atoms with van der Waals surface area (Å²) in [6.07, 6.45) is 5.36. The van der Waals surface area contributed by atoms with Crippen LogP contribution in [-0.4, -0.2) is 46.2 Å². The Labute approximate surface area is 183 Å². The number of esters is 1. The number of nitrogens with zero attached hydrogens (tertiary/aromatic N) is 4. The molecule has 1 saturated heterocycles. The van der Waals surface area contributed by atoms with Crippen LogP contribution in [0.3, 0.4) is 0 Å². The third kappa shape index (κ3) is 4.31. The molecule has 1 atom stereocenters. The Bertz CT molecular complexity index is 1280. The lowest BCUT2D eigenvalue weighted by atomic mass is 10.2. The lowest BCUT2D eigenvalue weighted by Crippen LogP contribution is -2.28. The van der Waals surface area contributed by atoms with E-state index in [-0.39, 0.29) is 41.6 Å². The molecule has 1 aliphatic heterocycles. The van der Waals surface area contributed by atoms with E-state index in [1.807, 2.05) is 0 Å². The van der Waals surface area contributed by atoms with Crippen molar-refractivity contribution in [1.82, 2.24) is 14.5 Å². The summed E-state index contributed by atoms with van der Waals surface area (Å²) in [6, 6.07) is 4.59. The lowest BCUT2D eigenvalue weighted by Gasteiger charge is -2.19. The molecule has 164 valence electrons. The average Bonchev–Trinajstić information content (AvgIpc) is 3.22. The van der Waals surface area contributed by atoms with Crippen molar-refractivity contribution in [1.29, 1.82) is 0 Å². The molecule has 1 aliphatic rings. The van der Waals surface area contributed by atoms with Gasteiger partial charge in [-0.1, -0.05) is 11.8 Å². The van der Waals surface area contributed by atoms with Crippen LogP contribution in [0.1, 0.15) is 29.3 Å². The standard InChI is InChI=1S/C23H22FN5O3/c1-2-32-23(31)18-14-28(10-3-4-15-5-8-26-9-6-15)21-17(20(18)30)12-19(24)22(27-21)29-11-7-16(25)13-29/h5-6,8-9,12,14,16H,2,7,10-11,13,25H2,1H3. The van der Waals surface area contributed by atoms with Crippen LogP contribution in [0, 0.1) is 17.7 Å².